The number of phenols is 3. The van der Waals surface area contributed by atoms with Crippen LogP contribution in [0.4, 0.5) is 0 Å². The number of hydrogen-bond acceptors (Lipinski definition) is 12. The SMILES string of the molecule is Cc1cccc(O)c1S(=O)(=O)[O-].Cc1cccc(O)c1S(=O)(=O)[O-].Cc1cccc(O)c1S(=O)(=O)[O-].[Al+3]. The van der Waals surface area contributed by atoms with Gasteiger partial charge in [0.1, 0.15) is 47.6 Å². The maximum Gasteiger partial charge on any atom is 3.00 e. The molecule has 0 spiro atoms. The smallest absolute Gasteiger partial charge is 0.744 e. The summed E-state index contributed by atoms with van der Waals surface area (Å²) >= 11 is 0. The summed E-state index contributed by atoms with van der Waals surface area (Å²) in [5.74, 6) is -1.49. The van der Waals surface area contributed by atoms with E-state index in [1.165, 1.54) is 57.2 Å². The monoisotopic (exact) mass is 588 g/mol. The number of hydrogen-bond donors (Lipinski definition) is 3. The number of rotatable bonds is 3. The number of phenolic OH excluding ortho intramolecular Hbond substituents is 3. The van der Waals surface area contributed by atoms with Gasteiger partial charge in [0.05, 0.1) is 14.7 Å². The fourth-order valence-electron chi connectivity index (χ4n) is 2.89. The molecule has 0 aromatic heterocycles. The summed E-state index contributed by atoms with van der Waals surface area (Å²) in [4.78, 5) is -1.61. The van der Waals surface area contributed by atoms with Crippen LogP contribution in [0, 0.1) is 20.8 Å². The predicted octanol–water partition coefficient (Wildman–Crippen LogP) is 1.43. The van der Waals surface area contributed by atoms with Crippen LogP contribution in [0.25, 0.3) is 0 Å². The van der Waals surface area contributed by atoms with E-state index < -0.39 is 62.3 Å². The van der Waals surface area contributed by atoms with Gasteiger partial charge in [0.2, 0.25) is 0 Å². The third-order valence-corrected chi connectivity index (χ3v) is 7.42. The molecule has 0 unspecified atom stereocenters. The Morgan fingerprint density at radius 3 is 0.784 bits per heavy atom. The van der Waals surface area contributed by atoms with Gasteiger partial charge < -0.3 is 29.0 Å². The fourth-order valence-corrected chi connectivity index (χ4v) is 5.25. The minimum atomic E-state index is -4.56. The molecule has 3 N–H and O–H groups in total. The molecule has 198 valence electrons. The van der Waals surface area contributed by atoms with E-state index >= 15 is 0 Å². The van der Waals surface area contributed by atoms with Crippen LogP contribution in [0.3, 0.4) is 0 Å². The number of benzene rings is 3. The van der Waals surface area contributed by atoms with E-state index in [0.29, 0.717) is 0 Å². The van der Waals surface area contributed by atoms with Crippen LogP contribution in [-0.4, -0.2) is 71.6 Å². The van der Waals surface area contributed by atoms with Crippen molar-refractivity contribution in [3.8, 4) is 17.2 Å². The molecule has 0 saturated heterocycles. The molecule has 0 saturated carbocycles. The van der Waals surface area contributed by atoms with Crippen molar-refractivity contribution in [1.82, 2.24) is 0 Å². The number of aryl methyl sites for hydroxylation is 3. The van der Waals surface area contributed by atoms with Crippen LogP contribution < -0.4 is 0 Å². The molecule has 12 nitrogen and oxygen atoms in total. The first-order chi connectivity index (χ1) is 16.3. The molecule has 3 rings (SSSR count). The molecule has 0 amide bonds. The van der Waals surface area contributed by atoms with Gasteiger partial charge in [-0.05, 0) is 55.7 Å². The standard InChI is InChI=1S/3C7H8O4S.Al/c3*1-5-3-2-4-6(8)7(5)12(9,10)11;/h3*2-4,8H,1H3,(H,9,10,11);/q;;;+3/p-3. The molecule has 37 heavy (non-hydrogen) atoms. The molecule has 0 aliphatic heterocycles. The van der Waals surface area contributed by atoms with Gasteiger partial charge in [-0.25, -0.2) is 25.3 Å². The summed E-state index contributed by atoms with van der Waals surface area (Å²) in [6.07, 6.45) is 0. The second-order valence-electron chi connectivity index (χ2n) is 7.13. The Balaban J connectivity index is 0.000000518. The van der Waals surface area contributed by atoms with Crippen LogP contribution in [0.5, 0.6) is 17.2 Å². The van der Waals surface area contributed by atoms with E-state index in [0.717, 1.165) is 18.2 Å². The third kappa shape index (κ3) is 9.95. The second-order valence-corrected chi connectivity index (χ2v) is 11.1. The van der Waals surface area contributed by atoms with Crippen molar-refractivity contribution in [3.05, 3.63) is 71.3 Å². The molecule has 0 aliphatic carbocycles. The number of aromatic hydroxyl groups is 3. The van der Waals surface area contributed by atoms with Gasteiger partial charge in [0.25, 0.3) is 0 Å². The Bertz CT molecular complexity index is 1320. The van der Waals surface area contributed by atoms with Gasteiger partial charge in [-0.2, -0.15) is 0 Å². The van der Waals surface area contributed by atoms with E-state index in [4.69, 9.17) is 15.3 Å². The second kappa shape index (κ2) is 13.2. The molecule has 0 bridgehead atoms. The van der Waals surface area contributed by atoms with Crippen molar-refractivity contribution in [2.45, 2.75) is 35.5 Å². The average Bonchev–Trinajstić information content (AvgIpc) is 2.65. The zero-order chi connectivity index (χ0) is 28.1. The normalized spacial score (nSPS) is 11.2. The Morgan fingerprint density at radius 1 is 0.486 bits per heavy atom. The van der Waals surface area contributed by atoms with E-state index in [-0.39, 0.29) is 34.1 Å². The summed E-state index contributed by atoms with van der Waals surface area (Å²) < 4.78 is 95.0. The summed E-state index contributed by atoms with van der Waals surface area (Å²) in [7, 11) is -13.7. The minimum absolute atomic E-state index is 0. The van der Waals surface area contributed by atoms with Crippen LogP contribution in [0.2, 0.25) is 0 Å². The van der Waals surface area contributed by atoms with E-state index in [9.17, 15) is 38.9 Å². The summed E-state index contributed by atoms with van der Waals surface area (Å²) in [5, 5.41) is 27.1. The van der Waals surface area contributed by atoms with Gasteiger partial charge >= 0.3 is 17.4 Å². The van der Waals surface area contributed by atoms with Gasteiger partial charge in [0, 0.05) is 0 Å². The summed E-state index contributed by atoms with van der Waals surface area (Å²) in [6.45, 7) is 4.35. The molecule has 3 aromatic rings. The van der Waals surface area contributed by atoms with Crippen LogP contribution >= 0.6 is 0 Å². The van der Waals surface area contributed by atoms with E-state index in [2.05, 4.69) is 0 Å². The van der Waals surface area contributed by atoms with Gasteiger partial charge in [0.15, 0.2) is 0 Å². The van der Waals surface area contributed by atoms with Gasteiger partial charge in [-0.1, -0.05) is 36.4 Å². The van der Waals surface area contributed by atoms with E-state index in [1.54, 1.807) is 0 Å². The Hall–Kier alpha value is -2.68. The van der Waals surface area contributed by atoms with Crippen molar-refractivity contribution in [2.75, 3.05) is 0 Å². The summed E-state index contributed by atoms with van der Waals surface area (Å²) in [6, 6.07) is 12.3. The Kier molecular flexibility index (Phi) is 12.3. The minimum Gasteiger partial charge on any atom is -0.744 e. The van der Waals surface area contributed by atoms with Gasteiger partial charge in [-0.3, -0.25) is 0 Å². The van der Waals surface area contributed by atoms with Gasteiger partial charge in [-0.15, -0.1) is 0 Å². The summed E-state index contributed by atoms with van der Waals surface area (Å²) in [5.41, 5.74) is 0.764. The molecular weight excluding hydrogens is 567 g/mol. The zero-order valence-corrected chi connectivity index (χ0v) is 23.1. The molecular formula is C21H21AlO12S3. The first-order valence-electron chi connectivity index (χ1n) is 9.52. The molecule has 0 heterocycles. The molecule has 0 fully saturated rings. The topological polar surface area (TPSA) is 232 Å². The molecule has 16 heteroatoms. The maximum absolute atomic E-state index is 10.6. The van der Waals surface area contributed by atoms with Crippen molar-refractivity contribution in [2.24, 2.45) is 0 Å². The van der Waals surface area contributed by atoms with Crippen LogP contribution in [0.1, 0.15) is 16.7 Å². The largest absolute Gasteiger partial charge is 3.00 e. The van der Waals surface area contributed by atoms with Crippen molar-refractivity contribution < 1.29 is 54.2 Å². The predicted molar refractivity (Wildman–Crippen MR) is 128 cm³/mol. The zero-order valence-electron chi connectivity index (χ0n) is 19.5. The molecule has 0 aliphatic rings. The average molecular weight is 589 g/mol. The Morgan fingerprint density at radius 2 is 0.676 bits per heavy atom. The molecule has 0 atom stereocenters. The van der Waals surface area contributed by atoms with Crippen LogP contribution in [-0.2, 0) is 30.4 Å². The fraction of sp³-hybridized carbons (Fsp3) is 0.143. The van der Waals surface area contributed by atoms with Crippen molar-refractivity contribution in [3.63, 3.8) is 0 Å². The Labute approximate surface area is 225 Å². The molecule has 3 aromatic carbocycles. The maximum atomic E-state index is 10.6. The first kappa shape index (κ1) is 34.3. The quantitative estimate of drug-likeness (QED) is 0.291. The third-order valence-electron chi connectivity index (χ3n) is 4.32. The van der Waals surface area contributed by atoms with Crippen molar-refractivity contribution in [1.29, 1.82) is 0 Å². The molecule has 0 radical (unpaired) electrons. The first-order valence-corrected chi connectivity index (χ1v) is 13.7. The van der Waals surface area contributed by atoms with Crippen molar-refractivity contribution >= 4 is 47.7 Å². The van der Waals surface area contributed by atoms with E-state index in [1.807, 2.05) is 0 Å². The van der Waals surface area contributed by atoms with Crippen LogP contribution in [0.15, 0.2) is 69.3 Å².